The summed E-state index contributed by atoms with van der Waals surface area (Å²) in [7, 11) is 0. The van der Waals surface area contributed by atoms with Crippen molar-refractivity contribution in [3.8, 4) is 5.75 Å². The van der Waals surface area contributed by atoms with E-state index in [1.807, 2.05) is 26.1 Å². The van der Waals surface area contributed by atoms with E-state index < -0.39 is 0 Å². The summed E-state index contributed by atoms with van der Waals surface area (Å²) in [5.74, 6) is 1.39. The molecule has 2 aromatic heterocycles. The predicted octanol–water partition coefficient (Wildman–Crippen LogP) is 4.93. The van der Waals surface area contributed by atoms with Crippen molar-refractivity contribution in [3.05, 3.63) is 28.7 Å². The highest BCUT2D eigenvalue weighted by atomic mass is 35.5. The van der Waals surface area contributed by atoms with Crippen molar-refractivity contribution >= 4 is 17.2 Å². The number of ether oxygens (including phenoxy) is 1. The number of hydrogen-bond donors (Lipinski definition) is 0. The summed E-state index contributed by atoms with van der Waals surface area (Å²) in [5, 5.41) is 0.641. The average Bonchev–Trinajstić information content (AvgIpc) is 2.73. The molecule has 3 nitrogen and oxygen atoms in total. The quantitative estimate of drug-likeness (QED) is 0.756. The first-order valence-corrected chi connectivity index (χ1v) is 8.16. The lowest BCUT2D eigenvalue weighted by Crippen LogP contribution is -2.06. The van der Waals surface area contributed by atoms with Crippen LogP contribution in [0.2, 0.25) is 5.02 Å². The van der Waals surface area contributed by atoms with Crippen LogP contribution in [0, 0.1) is 5.92 Å². The third-order valence-electron chi connectivity index (χ3n) is 3.51. The molecule has 2 rings (SSSR count). The molecule has 0 N–H and O–H groups in total. The Kier molecular flexibility index (Phi) is 5.15. The van der Waals surface area contributed by atoms with E-state index in [1.165, 1.54) is 5.69 Å². The van der Waals surface area contributed by atoms with Crippen LogP contribution in [0.25, 0.3) is 5.65 Å². The number of rotatable bonds is 6. The van der Waals surface area contributed by atoms with Gasteiger partial charge in [0.25, 0.3) is 0 Å². The molecule has 0 aliphatic rings. The SMILES string of the molecule is CCc1nc2cc(OC(C)C)c(Cl)cn2c1CCC(C)C. The summed E-state index contributed by atoms with van der Waals surface area (Å²) in [4.78, 5) is 4.74. The molecule has 0 unspecified atom stereocenters. The molecule has 21 heavy (non-hydrogen) atoms. The first kappa shape index (κ1) is 16.2. The summed E-state index contributed by atoms with van der Waals surface area (Å²) in [5.41, 5.74) is 3.36. The summed E-state index contributed by atoms with van der Waals surface area (Å²) in [6, 6.07) is 1.94. The van der Waals surface area contributed by atoms with Gasteiger partial charge in [0.1, 0.15) is 11.4 Å². The fourth-order valence-corrected chi connectivity index (χ4v) is 2.66. The van der Waals surface area contributed by atoms with Gasteiger partial charge in [0.15, 0.2) is 0 Å². The van der Waals surface area contributed by atoms with Gasteiger partial charge in [-0.3, -0.25) is 0 Å². The predicted molar refractivity (Wildman–Crippen MR) is 88.5 cm³/mol. The zero-order valence-corrected chi connectivity index (χ0v) is 14.4. The van der Waals surface area contributed by atoms with Gasteiger partial charge in [-0.1, -0.05) is 32.4 Å². The van der Waals surface area contributed by atoms with Crippen LogP contribution in [0.15, 0.2) is 12.3 Å². The molecule has 0 saturated carbocycles. The van der Waals surface area contributed by atoms with Crippen LogP contribution in [0.3, 0.4) is 0 Å². The van der Waals surface area contributed by atoms with Crippen LogP contribution in [0.1, 0.15) is 52.4 Å². The number of imidazole rings is 1. The minimum atomic E-state index is 0.103. The number of pyridine rings is 1. The van der Waals surface area contributed by atoms with Crippen molar-refractivity contribution in [1.29, 1.82) is 0 Å². The lowest BCUT2D eigenvalue weighted by atomic mass is 10.0. The third kappa shape index (κ3) is 3.70. The smallest absolute Gasteiger partial charge is 0.143 e. The number of aromatic nitrogens is 2. The Hall–Kier alpha value is -1.22. The Morgan fingerprint density at radius 2 is 2.00 bits per heavy atom. The van der Waals surface area contributed by atoms with Crippen molar-refractivity contribution in [3.63, 3.8) is 0 Å². The zero-order chi connectivity index (χ0) is 15.6. The van der Waals surface area contributed by atoms with Gasteiger partial charge in [-0.25, -0.2) is 4.98 Å². The lowest BCUT2D eigenvalue weighted by Gasteiger charge is -2.12. The molecule has 0 saturated heterocycles. The maximum Gasteiger partial charge on any atom is 0.143 e. The number of hydrogen-bond acceptors (Lipinski definition) is 2. The summed E-state index contributed by atoms with van der Waals surface area (Å²) < 4.78 is 7.87. The minimum Gasteiger partial charge on any atom is -0.489 e. The molecule has 0 amide bonds. The molecule has 0 radical (unpaired) electrons. The van der Waals surface area contributed by atoms with Gasteiger partial charge in [0.05, 0.1) is 16.8 Å². The van der Waals surface area contributed by atoms with Gasteiger partial charge in [0, 0.05) is 18.0 Å². The van der Waals surface area contributed by atoms with Crippen molar-refractivity contribution < 1.29 is 4.74 Å². The van der Waals surface area contributed by atoms with Crippen LogP contribution in [-0.4, -0.2) is 15.5 Å². The largest absolute Gasteiger partial charge is 0.489 e. The fourth-order valence-electron chi connectivity index (χ4n) is 2.46. The summed E-state index contributed by atoms with van der Waals surface area (Å²) in [6.45, 7) is 10.6. The molecule has 0 spiro atoms. The maximum absolute atomic E-state index is 6.36. The van der Waals surface area contributed by atoms with E-state index in [1.54, 1.807) is 0 Å². The van der Waals surface area contributed by atoms with E-state index >= 15 is 0 Å². The lowest BCUT2D eigenvalue weighted by molar-refractivity contribution is 0.242. The van der Waals surface area contributed by atoms with E-state index in [0.717, 1.165) is 30.6 Å². The normalized spacial score (nSPS) is 11.8. The van der Waals surface area contributed by atoms with Crippen molar-refractivity contribution in [1.82, 2.24) is 9.38 Å². The molecule has 0 aliphatic carbocycles. The Bertz CT molecular complexity index is 617. The molecule has 4 heteroatoms. The van der Waals surface area contributed by atoms with Crippen LogP contribution < -0.4 is 4.74 Å². The van der Waals surface area contributed by atoms with E-state index in [-0.39, 0.29) is 6.10 Å². The highest BCUT2D eigenvalue weighted by Crippen LogP contribution is 2.29. The Labute approximate surface area is 132 Å². The Balaban J connectivity index is 2.45. The van der Waals surface area contributed by atoms with Crippen molar-refractivity contribution in [2.45, 2.75) is 60.0 Å². The maximum atomic E-state index is 6.36. The summed E-state index contributed by atoms with van der Waals surface area (Å²) >= 11 is 6.36. The number of aryl methyl sites for hydroxylation is 2. The molecule has 0 atom stereocenters. The monoisotopic (exact) mass is 308 g/mol. The number of fused-ring (bicyclic) bond motifs is 1. The van der Waals surface area contributed by atoms with E-state index in [4.69, 9.17) is 21.3 Å². The molecule has 0 bridgehead atoms. The molecule has 0 aromatic carbocycles. The fraction of sp³-hybridized carbons (Fsp3) is 0.588. The van der Waals surface area contributed by atoms with E-state index in [0.29, 0.717) is 16.7 Å². The van der Waals surface area contributed by atoms with Crippen molar-refractivity contribution in [2.24, 2.45) is 5.92 Å². The van der Waals surface area contributed by atoms with Crippen LogP contribution in [0.5, 0.6) is 5.75 Å². The van der Waals surface area contributed by atoms with Crippen LogP contribution in [0.4, 0.5) is 0 Å². The second-order valence-electron chi connectivity index (χ2n) is 6.17. The number of nitrogens with zero attached hydrogens (tertiary/aromatic N) is 2. The van der Waals surface area contributed by atoms with Gasteiger partial charge in [-0.15, -0.1) is 0 Å². The Morgan fingerprint density at radius 1 is 1.29 bits per heavy atom. The van der Waals surface area contributed by atoms with Gasteiger partial charge in [0.2, 0.25) is 0 Å². The average molecular weight is 309 g/mol. The number of halogens is 1. The topological polar surface area (TPSA) is 26.5 Å². The molecule has 0 aliphatic heterocycles. The minimum absolute atomic E-state index is 0.103. The van der Waals surface area contributed by atoms with E-state index in [9.17, 15) is 0 Å². The molecule has 2 aromatic rings. The summed E-state index contributed by atoms with van der Waals surface area (Å²) in [6.07, 6.45) is 5.17. The van der Waals surface area contributed by atoms with Gasteiger partial charge in [-0.05, 0) is 39.0 Å². The molecule has 116 valence electrons. The zero-order valence-electron chi connectivity index (χ0n) is 13.6. The van der Waals surface area contributed by atoms with Gasteiger partial charge < -0.3 is 9.14 Å². The standard InChI is InChI=1S/C17H25ClN2O/c1-6-14-15(8-7-11(2)3)20-10-13(18)16(21-12(4)5)9-17(20)19-14/h9-12H,6-8H2,1-5H3. The highest BCUT2D eigenvalue weighted by Gasteiger charge is 2.14. The second kappa shape index (κ2) is 6.69. The van der Waals surface area contributed by atoms with Crippen LogP contribution in [-0.2, 0) is 12.8 Å². The second-order valence-corrected chi connectivity index (χ2v) is 6.58. The first-order chi connectivity index (χ1) is 9.92. The third-order valence-corrected chi connectivity index (χ3v) is 3.80. The molecular weight excluding hydrogens is 284 g/mol. The van der Waals surface area contributed by atoms with Gasteiger partial charge >= 0.3 is 0 Å². The van der Waals surface area contributed by atoms with Crippen molar-refractivity contribution in [2.75, 3.05) is 0 Å². The molecule has 0 fully saturated rings. The molecular formula is C17H25ClN2O. The van der Waals surface area contributed by atoms with Crippen LogP contribution >= 0.6 is 11.6 Å². The Morgan fingerprint density at radius 3 is 2.57 bits per heavy atom. The van der Waals surface area contributed by atoms with Gasteiger partial charge in [-0.2, -0.15) is 0 Å². The highest BCUT2D eigenvalue weighted by molar-refractivity contribution is 6.32. The molecule has 2 heterocycles. The van der Waals surface area contributed by atoms with E-state index in [2.05, 4.69) is 25.2 Å². The first-order valence-electron chi connectivity index (χ1n) is 7.78.